The molecule has 0 aromatic heterocycles. The molecule has 0 saturated carbocycles. The number of hydrogen-bond donors (Lipinski definition) is 2. The molecular formula is C19H34IN3O2. The van der Waals surface area contributed by atoms with Gasteiger partial charge in [0.05, 0.1) is 13.7 Å². The predicted octanol–water partition coefficient (Wildman–Crippen LogP) is 3.86. The molecule has 0 spiro atoms. The first kappa shape index (κ1) is 23.8. The number of nitrogens with zero attached hydrogens (tertiary/aromatic N) is 1. The van der Waals surface area contributed by atoms with E-state index in [4.69, 9.17) is 9.47 Å². The van der Waals surface area contributed by atoms with Gasteiger partial charge in [-0.3, -0.25) is 4.99 Å². The third-order valence-electron chi connectivity index (χ3n) is 3.70. The van der Waals surface area contributed by atoms with Crippen LogP contribution < -0.4 is 20.1 Å². The van der Waals surface area contributed by atoms with Gasteiger partial charge in [-0.1, -0.05) is 19.9 Å². The maximum Gasteiger partial charge on any atom is 0.190 e. The summed E-state index contributed by atoms with van der Waals surface area (Å²) < 4.78 is 10.9. The minimum absolute atomic E-state index is 0. The van der Waals surface area contributed by atoms with E-state index < -0.39 is 0 Å². The van der Waals surface area contributed by atoms with Gasteiger partial charge in [0.25, 0.3) is 0 Å². The molecule has 0 unspecified atom stereocenters. The Morgan fingerprint density at radius 1 is 1.16 bits per heavy atom. The van der Waals surface area contributed by atoms with Crippen molar-refractivity contribution < 1.29 is 9.47 Å². The summed E-state index contributed by atoms with van der Waals surface area (Å²) in [4.78, 5) is 4.25. The quantitative estimate of drug-likeness (QED) is 0.240. The first-order chi connectivity index (χ1) is 11.6. The van der Waals surface area contributed by atoms with Crippen molar-refractivity contribution in [2.24, 2.45) is 10.9 Å². The Labute approximate surface area is 170 Å². The average Bonchev–Trinajstić information content (AvgIpc) is 2.57. The second-order valence-corrected chi connectivity index (χ2v) is 6.13. The number of halogens is 1. The summed E-state index contributed by atoms with van der Waals surface area (Å²) in [5.74, 6) is 3.18. The lowest BCUT2D eigenvalue weighted by Crippen LogP contribution is -2.38. The van der Waals surface area contributed by atoms with Crippen molar-refractivity contribution in [3.05, 3.63) is 23.8 Å². The van der Waals surface area contributed by atoms with E-state index in [9.17, 15) is 0 Å². The monoisotopic (exact) mass is 463 g/mol. The van der Waals surface area contributed by atoms with Gasteiger partial charge >= 0.3 is 0 Å². The Kier molecular flexibility index (Phi) is 13.4. The average molecular weight is 463 g/mol. The van der Waals surface area contributed by atoms with Crippen LogP contribution in [0, 0.1) is 5.92 Å². The van der Waals surface area contributed by atoms with Gasteiger partial charge in [0.2, 0.25) is 0 Å². The van der Waals surface area contributed by atoms with Crippen LogP contribution in [-0.4, -0.2) is 39.8 Å². The van der Waals surface area contributed by atoms with Gasteiger partial charge in [-0.15, -0.1) is 24.0 Å². The van der Waals surface area contributed by atoms with Gasteiger partial charge in [-0.2, -0.15) is 0 Å². The summed E-state index contributed by atoms with van der Waals surface area (Å²) in [6.45, 7) is 8.91. The summed E-state index contributed by atoms with van der Waals surface area (Å²) in [6.07, 6.45) is 3.16. The topological polar surface area (TPSA) is 54.9 Å². The van der Waals surface area contributed by atoms with Gasteiger partial charge in [-0.25, -0.2) is 0 Å². The molecular weight excluding hydrogens is 429 g/mol. The molecule has 0 amide bonds. The summed E-state index contributed by atoms with van der Waals surface area (Å²) in [5, 5.41) is 6.70. The van der Waals surface area contributed by atoms with Crippen molar-refractivity contribution in [1.29, 1.82) is 0 Å². The van der Waals surface area contributed by atoms with Crippen LogP contribution >= 0.6 is 24.0 Å². The molecule has 0 aliphatic heterocycles. The zero-order valence-electron chi connectivity index (χ0n) is 16.2. The molecule has 0 heterocycles. The minimum atomic E-state index is 0. The molecule has 0 aliphatic carbocycles. The molecule has 1 aromatic carbocycles. The molecule has 1 rings (SSSR count). The Hall–Kier alpha value is -1.18. The van der Waals surface area contributed by atoms with Crippen LogP contribution in [0.2, 0.25) is 0 Å². The van der Waals surface area contributed by atoms with Gasteiger partial charge in [0, 0.05) is 20.1 Å². The number of aryl methyl sites for hydroxylation is 1. The highest BCUT2D eigenvalue weighted by Crippen LogP contribution is 2.28. The fourth-order valence-corrected chi connectivity index (χ4v) is 2.34. The molecule has 0 radical (unpaired) electrons. The van der Waals surface area contributed by atoms with Crippen molar-refractivity contribution >= 4 is 29.9 Å². The van der Waals surface area contributed by atoms with E-state index in [-0.39, 0.29) is 24.0 Å². The fraction of sp³-hybridized carbons (Fsp3) is 0.632. The van der Waals surface area contributed by atoms with Gasteiger partial charge in [0.15, 0.2) is 17.5 Å². The van der Waals surface area contributed by atoms with Gasteiger partial charge in [-0.05, 0) is 49.8 Å². The molecule has 0 atom stereocenters. The molecule has 0 saturated heterocycles. The Morgan fingerprint density at radius 2 is 1.88 bits per heavy atom. The summed E-state index contributed by atoms with van der Waals surface area (Å²) in [5.41, 5.74) is 1.25. The number of hydrogen-bond acceptors (Lipinski definition) is 3. The number of aliphatic imine (C=N–C) groups is 1. The molecule has 0 fully saturated rings. The molecule has 6 heteroatoms. The smallest absolute Gasteiger partial charge is 0.190 e. The van der Waals surface area contributed by atoms with Crippen LogP contribution in [0.25, 0.3) is 0 Å². The molecule has 2 N–H and O–H groups in total. The molecule has 0 aliphatic rings. The maximum atomic E-state index is 5.62. The first-order valence-corrected chi connectivity index (χ1v) is 8.84. The predicted molar refractivity (Wildman–Crippen MR) is 117 cm³/mol. The Balaban J connectivity index is 0.00000576. The van der Waals surface area contributed by atoms with Gasteiger partial charge in [0.1, 0.15) is 0 Å². The van der Waals surface area contributed by atoms with E-state index in [1.54, 1.807) is 7.11 Å². The van der Waals surface area contributed by atoms with Crippen molar-refractivity contribution in [3.63, 3.8) is 0 Å². The number of ether oxygens (including phenoxy) is 2. The van der Waals surface area contributed by atoms with Crippen LogP contribution in [0.15, 0.2) is 23.2 Å². The molecule has 0 bridgehead atoms. The van der Waals surface area contributed by atoms with E-state index in [0.29, 0.717) is 12.5 Å². The number of benzene rings is 1. The van der Waals surface area contributed by atoms with Crippen LogP contribution in [0.3, 0.4) is 0 Å². The third-order valence-corrected chi connectivity index (χ3v) is 3.70. The SMILES string of the molecule is CCOc1cc(CCCNC(=NC)NCCC(C)C)ccc1OC.I. The second kappa shape index (κ2) is 14.0. The third kappa shape index (κ3) is 9.77. The van der Waals surface area contributed by atoms with E-state index in [1.165, 1.54) is 5.56 Å². The normalized spacial score (nSPS) is 11.0. The van der Waals surface area contributed by atoms with Crippen LogP contribution in [0.4, 0.5) is 0 Å². The van der Waals surface area contributed by atoms with E-state index in [0.717, 1.165) is 49.8 Å². The largest absolute Gasteiger partial charge is 0.493 e. The number of rotatable bonds is 10. The molecule has 144 valence electrons. The van der Waals surface area contributed by atoms with Crippen molar-refractivity contribution in [2.45, 2.75) is 40.0 Å². The lowest BCUT2D eigenvalue weighted by atomic mass is 10.1. The highest BCUT2D eigenvalue weighted by atomic mass is 127. The van der Waals surface area contributed by atoms with Crippen molar-refractivity contribution in [3.8, 4) is 11.5 Å². The summed E-state index contributed by atoms with van der Waals surface area (Å²) >= 11 is 0. The fourth-order valence-electron chi connectivity index (χ4n) is 2.34. The minimum Gasteiger partial charge on any atom is -0.493 e. The van der Waals surface area contributed by atoms with Crippen molar-refractivity contribution in [1.82, 2.24) is 10.6 Å². The molecule has 1 aromatic rings. The number of guanidine groups is 1. The van der Waals surface area contributed by atoms with Crippen molar-refractivity contribution in [2.75, 3.05) is 33.9 Å². The van der Waals surface area contributed by atoms with E-state index in [1.807, 2.05) is 20.0 Å². The summed E-state index contributed by atoms with van der Waals surface area (Å²) in [6, 6.07) is 6.13. The molecule has 25 heavy (non-hydrogen) atoms. The molecule has 5 nitrogen and oxygen atoms in total. The number of methoxy groups -OCH3 is 1. The van der Waals surface area contributed by atoms with E-state index >= 15 is 0 Å². The second-order valence-electron chi connectivity index (χ2n) is 6.13. The van der Waals surface area contributed by atoms with Crippen LogP contribution in [-0.2, 0) is 6.42 Å². The lowest BCUT2D eigenvalue weighted by Gasteiger charge is -2.13. The van der Waals surface area contributed by atoms with Crippen LogP contribution in [0.5, 0.6) is 11.5 Å². The van der Waals surface area contributed by atoms with E-state index in [2.05, 4.69) is 41.6 Å². The number of nitrogens with one attached hydrogen (secondary N) is 2. The highest BCUT2D eigenvalue weighted by Gasteiger charge is 2.05. The van der Waals surface area contributed by atoms with Gasteiger partial charge < -0.3 is 20.1 Å². The highest BCUT2D eigenvalue weighted by molar-refractivity contribution is 14.0. The summed E-state index contributed by atoms with van der Waals surface area (Å²) in [7, 11) is 3.47. The standard InChI is InChI=1S/C19H33N3O2.HI/c1-6-24-18-14-16(9-10-17(18)23-5)8-7-12-21-19(20-4)22-13-11-15(2)3;/h9-10,14-15H,6-8,11-13H2,1-5H3,(H2,20,21,22);1H. The van der Waals surface area contributed by atoms with Crippen LogP contribution in [0.1, 0.15) is 39.2 Å². The zero-order chi connectivity index (χ0) is 17.8. The Bertz CT molecular complexity index is 507. The zero-order valence-corrected chi connectivity index (χ0v) is 18.6. The first-order valence-electron chi connectivity index (χ1n) is 8.84. The maximum absolute atomic E-state index is 5.62. The Morgan fingerprint density at radius 3 is 2.48 bits per heavy atom. The lowest BCUT2D eigenvalue weighted by molar-refractivity contribution is 0.310.